The number of piperidine rings is 1. The normalized spacial score (nSPS) is 26.4. The summed E-state index contributed by atoms with van der Waals surface area (Å²) in [6, 6.07) is 10.6. The van der Waals surface area contributed by atoms with E-state index in [0.29, 0.717) is 12.8 Å². The summed E-state index contributed by atoms with van der Waals surface area (Å²) in [4.78, 5) is 18.1. The Morgan fingerprint density at radius 1 is 1.14 bits per heavy atom. The molecule has 2 aromatic rings. The van der Waals surface area contributed by atoms with Crippen LogP contribution in [0.3, 0.4) is 0 Å². The molecule has 1 aromatic carbocycles. The third kappa shape index (κ3) is 3.81. The van der Waals surface area contributed by atoms with Crippen LogP contribution in [-0.2, 0) is 23.1 Å². The number of halogens is 3. The number of carbonyl (C=O) groups excluding carboxylic acids is 1. The first-order chi connectivity index (χ1) is 13.8. The summed E-state index contributed by atoms with van der Waals surface area (Å²) in [5.74, 6) is 0. The number of amides is 1. The molecular weight excluding hydrogens is 385 g/mol. The van der Waals surface area contributed by atoms with Crippen LogP contribution >= 0.6 is 0 Å². The second kappa shape index (κ2) is 7.33. The van der Waals surface area contributed by atoms with Crippen molar-refractivity contribution in [1.82, 2.24) is 9.88 Å². The highest BCUT2D eigenvalue weighted by atomic mass is 19.4. The van der Waals surface area contributed by atoms with Crippen molar-refractivity contribution in [1.29, 1.82) is 0 Å². The number of aromatic nitrogens is 1. The van der Waals surface area contributed by atoms with E-state index in [1.165, 1.54) is 12.3 Å². The summed E-state index contributed by atoms with van der Waals surface area (Å²) in [6.45, 7) is 0.123. The molecule has 4 rings (SSSR count). The standard InChI is InChI=1S/C21H21F3N2O3/c22-21(23,24)17-7-4-10-25-18(17)20(28)11-15-8-9-16(12-20)26(15)19(27)29-13-14-5-2-1-3-6-14/h1-7,10,15-16,28H,8-9,11-13H2. The Hall–Kier alpha value is -2.61. The number of nitrogens with zero attached hydrogens (tertiary/aromatic N) is 2. The molecule has 0 spiro atoms. The molecule has 2 aliphatic heterocycles. The largest absolute Gasteiger partial charge is 0.445 e. The van der Waals surface area contributed by atoms with Crippen LogP contribution in [0.1, 0.15) is 42.5 Å². The smallest absolute Gasteiger partial charge is 0.418 e. The summed E-state index contributed by atoms with van der Waals surface area (Å²) in [5.41, 5.74) is -2.16. The van der Waals surface area contributed by atoms with Gasteiger partial charge in [0.1, 0.15) is 12.2 Å². The van der Waals surface area contributed by atoms with Crippen molar-refractivity contribution < 1.29 is 27.8 Å². The maximum atomic E-state index is 13.4. The summed E-state index contributed by atoms with van der Waals surface area (Å²) in [5, 5.41) is 11.1. The molecule has 5 nitrogen and oxygen atoms in total. The number of fused-ring (bicyclic) bond motifs is 2. The van der Waals surface area contributed by atoms with Gasteiger partial charge >= 0.3 is 12.3 Å². The van der Waals surface area contributed by atoms with Crippen molar-refractivity contribution in [3.63, 3.8) is 0 Å². The Morgan fingerprint density at radius 2 is 1.79 bits per heavy atom. The Kier molecular flexibility index (Phi) is 4.98. The zero-order valence-corrected chi connectivity index (χ0v) is 15.6. The second-order valence-electron chi connectivity index (χ2n) is 7.67. The number of hydrogen-bond donors (Lipinski definition) is 1. The van der Waals surface area contributed by atoms with Gasteiger partial charge in [-0.1, -0.05) is 30.3 Å². The van der Waals surface area contributed by atoms with E-state index in [1.54, 1.807) is 4.90 Å². The fraction of sp³-hybridized carbons (Fsp3) is 0.429. The molecule has 2 atom stereocenters. The molecule has 29 heavy (non-hydrogen) atoms. The zero-order chi connectivity index (χ0) is 20.6. The zero-order valence-electron chi connectivity index (χ0n) is 15.6. The van der Waals surface area contributed by atoms with Crippen LogP contribution in [0.5, 0.6) is 0 Å². The van der Waals surface area contributed by atoms with Crippen molar-refractivity contribution >= 4 is 6.09 Å². The highest BCUT2D eigenvalue weighted by Crippen LogP contribution is 2.48. The van der Waals surface area contributed by atoms with E-state index in [1.807, 2.05) is 30.3 Å². The maximum Gasteiger partial charge on any atom is 0.418 e. The number of hydrogen-bond acceptors (Lipinski definition) is 4. The molecule has 0 radical (unpaired) electrons. The number of aliphatic hydroxyl groups is 1. The van der Waals surface area contributed by atoms with Crippen LogP contribution in [0.4, 0.5) is 18.0 Å². The van der Waals surface area contributed by atoms with E-state index < -0.39 is 23.4 Å². The molecule has 2 bridgehead atoms. The number of carbonyl (C=O) groups is 1. The lowest BCUT2D eigenvalue weighted by molar-refractivity contribution is -0.143. The van der Waals surface area contributed by atoms with E-state index in [2.05, 4.69) is 4.98 Å². The first kappa shape index (κ1) is 19.7. The molecule has 0 saturated carbocycles. The molecule has 154 valence electrons. The van der Waals surface area contributed by atoms with Crippen molar-refractivity contribution in [2.45, 2.75) is 56.2 Å². The average Bonchev–Trinajstić information content (AvgIpc) is 2.98. The molecule has 1 amide bonds. The monoisotopic (exact) mass is 406 g/mol. The van der Waals surface area contributed by atoms with Gasteiger partial charge in [-0.3, -0.25) is 4.98 Å². The van der Waals surface area contributed by atoms with Crippen LogP contribution in [0.25, 0.3) is 0 Å². The van der Waals surface area contributed by atoms with Gasteiger partial charge in [0.15, 0.2) is 0 Å². The molecule has 2 fully saturated rings. The third-order valence-electron chi connectivity index (χ3n) is 5.74. The third-order valence-corrected chi connectivity index (χ3v) is 5.74. The Bertz CT molecular complexity index is 874. The van der Waals surface area contributed by atoms with Gasteiger partial charge in [-0.05, 0) is 30.5 Å². The minimum Gasteiger partial charge on any atom is -0.445 e. The van der Waals surface area contributed by atoms with Crippen molar-refractivity contribution in [3.05, 3.63) is 65.5 Å². The molecular formula is C21H21F3N2O3. The van der Waals surface area contributed by atoms with Crippen molar-refractivity contribution in [2.24, 2.45) is 0 Å². The van der Waals surface area contributed by atoms with E-state index in [9.17, 15) is 23.1 Å². The van der Waals surface area contributed by atoms with Gasteiger partial charge in [-0.15, -0.1) is 0 Å². The second-order valence-corrected chi connectivity index (χ2v) is 7.67. The van der Waals surface area contributed by atoms with E-state index in [0.717, 1.165) is 11.6 Å². The number of benzene rings is 1. The fourth-order valence-corrected chi connectivity index (χ4v) is 4.52. The van der Waals surface area contributed by atoms with Gasteiger partial charge in [0.05, 0.1) is 11.3 Å². The highest BCUT2D eigenvalue weighted by Gasteiger charge is 2.53. The molecule has 2 aliphatic rings. The molecule has 0 aliphatic carbocycles. The molecule has 8 heteroatoms. The predicted molar refractivity (Wildman–Crippen MR) is 97.6 cm³/mol. The maximum absolute atomic E-state index is 13.4. The van der Waals surface area contributed by atoms with Crippen LogP contribution in [0, 0.1) is 0 Å². The van der Waals surface area contributed by atoms with Gasteiger partial charge in [-0.25, -0.2) is 4.79 Å². The van der Waals surface area contributed by atoms with Crippen molar-refractivity contribution in [3.8, 4) is 0 Å². The van der Waals surface area contributed by atoms with E-state index in [4.69, 9.17) is 4.74 Å². The minimum absolute atomic E-state index is 0.00400. The van der Waals surface area contributed by atoms with Crippen molar-refractivity contribution in [2.75, 3.05) is 0 Å². The molecule has 1 aromatic heterocycles. The van der Waals surface area contributed by atoms with Crippen LogP contribution < -0.4 is 0 Å². The number of rotatable bonds is 3. The Balaban J connectivity index is 1.51. The van der Waals surface area contributed by atoms with Gasteiger partial charge < -0.3 is 14.7 Å². The summed E-state index contributed by atoms with van der Waals surface area (Å²) in [6.07, 6.45) is -2.62. The number of ether oxygens (including phenoxy) is 1. The summed E-state index contributed by atoms with van der Waals surface area (Å²) >= 11 is 0. The van der Waals surface area contributed by atoms with Gasteiger partial charge in [-0.2, -0.15) is 13.2 Å². The summed E-state index contributed by atoms with van der Waals surface area (Å²) < 4.78 is 45.7. The SMILES string of the molecule is O=C(OCc1ccccc1)N1C2CCC1CC(O)(c1ncccc1C(F)(F)F)C2. The quantitative estimate of drug-likeness (QED) is 0.828. The van der Waals surface area contributed by atoms with Gasteiger partial charge in [0.2, 0.25) is 0 Å². The molecule has 2 saturated heterocycles. The van der Waals surface area contributed by atoms with E-state index >= 15 is 0 Å². The molecule has 1 N–H and O–H groups in total. The highest BCUT2D eigenvalue weighted by molar-refractivity contribution is 5.69. The first-order valence-electron chi connectivity index (χ1n) is 9.52. The van der Waals surface area contributed by atoms with Gasteiger partial charge in [0.25, 0.3) is 0 Å². The van der Waals surface area contributed by atoms with Gasteiger partial charge in [0, 0.05) is 31.1 Å². The van der Waals surface area contributed by atoms with Crippen LogP contribution in [0.15, 0.2) is 48.7 Å². The minimum atomic E-state index is -4.61. The lowest BCUT2D eigenvalue weighted by atomic mass is 9.81. The lowest BCUT2D eigenvalue weighted by Gasteiger charge is -2.43. The predicted octanol–water partition coefficient (Wildman–Crippen LogP) is 4.25. The fourth-order valence-electron chi connectivity index (χ4n) is 4.52. The topological polar surface area (TPSA) is 62.7 Å². The molecule has 2 unspecified atom stereocenters. The number of pyridine rings is 1. The van der Waals surface area contributed by atoms with Crippen LogP contribution in [0.2, 0.25) is 0 Å². The average molecular weight is 406 g/mol. The first-order valence-corrected chi connectivity index (χ1v) is 9.52. The Morgan fingerprint density at radius 3 is 2.41 bits per heavy atom. The van der Waals surface area contributed by atoms with E-state index in [-0.39, 0.29) is 37.2 Å². The summed E-state index contributed by atoms with van der Waals surface area (Å²) in [7, 11) is 0. The lowest BCUT2D eigenvalue weighted by Crippen LogP contribution is -2.52. The molecule has 3 heterocycles. The van der Waals surface area contributed by atoms with Crippen LogP contribution in [-0.4, -0.2) is 33.2 Å². The Labute approximate surface area is 166 Å². The number of alkyl halides is 3.